The Morgan fingerprint density at radius 3 is 2.44 bits per heavy atom. The number of carbonyl (C=O) groups excluding carboxylic acids is 1. The number of rotatable bonds is 9. The molecule has 0 bridgehead atoms. The van der Waals surface area contributed by atoms with E-state index in [0.29, 0.717) is 23.5 Å². The van der Waals surface area contributed by atoms with Crippen molar-refractivity contribution in [2.75, 3.05) is 16.8 Å². The molecule has 1 aliphatic rings. The molecule has 2 N–H and O–H groups in total. The van der Waals surface area contributed by atoms with Crippen LogP contribution in [-0.4, -0.2) is 40.4 Å². The molecule has 0 radical (unpaired) electrons. The fourth-order valence-electron chi connectivity index (χ4n) is 4.77. The third kappa shape index (κ3) is 8.38. The van der Waals surface area contributed by atoms with E-state index in [1.54, 1.807) is 12.3 Å². The van der Waals surface area contributed by atoms with Crippen LogP contribution in [0.3, 0.4) is 0 Å². The Bertz CT molecular complexity index is 996. The van der Waals surface area contributed by atoms with Crippen LogP contribution in [0, 0.1) is 5.92 Å². The minimum Gasteiger partial charge on any atom is -0.460 e. The van der Waals surface area contributed by atoms with E-state index in [4.69, 9.17) is 16.3 Å². The smallest absolute Gasteiger partial charge is 0.306 e. The summed E-state index contributed by atoms with van der Waals surface area (Å²) in [7, 11) is 0. The lowest BCUT2D eigenvalue weighted by Crippen LogP contribution is -2.41. The summed E-state index contributed by atoms with van der Waals surface area (Å²) in [5, 5.41) is 14.1. The Morgan fingerprint density at radius 1 is 1.17 bits per heavy atom. The molecule has 0 spiro atoms. The number of ether oxygens (including phenoxy) is 1. The summed E-state index contributed by atoms with van der Waals surface area (Å²) in [6, 6.07) is 10.5. The second-order valence-corrected chi connectivity index (χ2v) is 11.9. The average molecular weight is 516 g/mol. The number of pyridine rings is 1. The van der Waals surface area contributed by atoms with Crippen molar-refractivity contribution in [2.24, 2.45) is 5.92 Å². The fraction of sp³-hybridized carbons (Fsp3) is 0.586. The highest BCUT2D eigenvalue weighted by Crippen LogP contribution is 2.37. The molecule has 1 heterocycles. The molecule has 0 saturated heterocycles. The van der Waals surface area contributed by atoms with Gasteiger partial charge >= 0.3 is 5.97 Å². The highest BCUT2D eigenvalue weighted by Gasteiger charge is 2.28. The van der Waals surface area contributed by atoms with Gasteiger partial charge in [-0.3, -0.25) is 4.79 Å². The van der Waals surface area contributed by atoms with Gasteiger partial charge in [0.05, 0.1) is 35.8 Å². The maximum Gasteiger partial charge on any atom is 0.306 e. The van der Waals surface area contributed by atoms with Crippen molar-refractivity contribution < 1.29 is 14.6 Å². The number of aliphatic hydroxyl groups excluding tert-OH is 1. The Morgan fingerprint density at radius 2 is 1.86 bits per heavy atom. The van der Waals surface area contributed by atoms with E-state index in [1.165, 1.54) is 0 Å². The number of benzene rings is 1. The zero-order valence-corrected chi connectivity index (χ0v) is 23.3. The van der Waals surface area contributed by atoms with Gasteiger partial charge in [0.1, 0.15) is 10.8 Å². The Kier molecular flexibility index (Phi) is 9.65. The maximum atomic E-state index is 12.5. The number of nitrogens with zero attached hydrogens (tertiary/aromatic N) is 2. The molecule has 1 saturated carbocycles. The van der Waals surface area contributed by atoms with E-state index in [-0.39, 0.29) is 18.0 Å². The summed E-state index contributed by atoms with van der Waals surface area (Å²) in [6.45, 7) is 13.1. The number of aromatic nitrogens is 1. The second kappa shape index (κ2) is 12.3. The number of nitrogens with one attached hydrogen (secondary N) is 1. The minimum absolute atomic E-state index is 0.00108. The van der Waals surface area contributed by atoms with Crippen molar-refractivity contribution in [3.63, 3.8) is 0 Å². The highest BCUT2D eigenvalue weighted by molar-refractivity contribution is 6.29. The number of carbonyl (C=O) groups is 1. The van der Waals surface area contributed by atoms with Crippen LogP contribution in [-0.2, 0) is 9.53 Å². The van der Waals surface area contributed by atoms with Gasteiger partial charge in [0.15, 0.2) is 0 Å². The molecule has 6 nitrogen and oxygen atoms in total. The van der Waals surface area contributed by atoms with E-state index < -0.39 is 5.60 Å². The molecule has 1 atom stereocenters. The Balaban J connectivity index is 1.95. The molecule has 198 valence electrons. The van der Waals surface area contributed by atoms with Gasteiger partial charge in [-0.1, -0.05) is 38.4 Å². The topological polar surface area (TPSA) is 74.7 Å². The minimum atomic E-state index is -0.500. The molecule has 36 heavy (non-hydrogen) atoms. The van der Waals surface area contributed by atoms with Crippen LogP contribution in [0.25, 0.3) is 0 Å². The summed E-state index contributed by atoms with van der Waals surface area (Å²) < 4.78 is 5.56. The van der Waals surface area contributed by atoms with Crippen molar-refractivity contribution in [1.82, 2.24) is 4.98 Å². The summed E-state index contributed by atoms with van der Waals surface area (Å²) in [5.41, 5.74) is 3.51. The molecule has 3 rings (SSSR count). The van der Waals surface area contributed by atoms with Crippen LogP contribution in [0.4, 0.5) is 17.1 Å². The Labute approximate surface area is 221 Å². The van der Waals surface area contributed by atoms with Crippen LogP contribution >= 0.6 is 11.6 Å². The van der Waals surface area contributed by atoms with Gasteiger partial charge in [-0.15, -0.1) is 0 Å². The van der Waals surface area contributed by atoms with Crippen molar-refractivity contribution >= 4 is 34.6 Å². The van der Waals surface area contributed by atoms with E-state index in [1.807, 2.05) is 26.8 Å². The van der Waals surface area contributed by atoms with Gasteiger partial charge in [-0.05, 0) is 88.1 Å². The molecule has 7 heteroatoms. The normalized spacial score (nSPS) is 19.1. The predicted molar refractivity (Wildman–Crippen MR) is 148 cm³/mol. The van der Waals surface area contributed by atoms with Gasteiger partial charge in [-0.2, -0.15) is 0 Å². The summed E-state index contributed by atoms with van der Waals surface area (Å²) in [5.74, 6) is 0.284. The lowest BCUT2D eigenvalue weighted by molar-refractivity contribution is -0.155. The predicted octanol–water partition coefficient (Wildman–Crippen LogP) is 7.08. The third-order valence-corrected chi connectivity index (χ3v) is 6.69. The summed E-state index contributed by atoms with van der Waals surface area (Å²) in [6.07, 6.45) is 5.43. The summed E-state index contributed by atoms with van der Waals surface area (Å²) >= 11 is 6.02. The van der Waals surface area contributed by atoms with Gasteiger partial charge in [-0.25, -0.2) is 4.98 Å². The lowest BCUT2D eigenvalue weighted by atomic mass is 9.90. The van der Waals surface area contributed by atoms with Crippen LogP contribution in [0.2, 0.25) is 5.15 Å². The SMILES string of the molecule is CC(C)CN(c1ccc([C@H](C)CC(=O)OC(C)(C)C)cc1Nc1ccc(Cl)nc1)C1CCC(O)CC1. The van der Waals surface area contributed by atoms with Crippen LogP contribution < -0.4 is 10.2 Å². The molecule has 2 aromatic rings. The van der Waals surface area contributed by atoms with Gasteiger partial charge < -0.3 is 20.1 Å². The molecule has 1 aliphatic carbocycles. The van der Waals surface area contributed by atoms with Crippen LogP contribution in [0.15, 0.2) is 36.5 Å². The quantitative estimate of drug-likeness (QED) is 0.274. The number of aliphatic hydroxyl groups is 1. The molecular weight excluding hydrogens is 474 g/mol. The molecule has 1 fully saturated rings. The number of anilines is 3. The highest BCUT2D eigenvalue weighted by atomic mass is 35.5. The van der Waals surface area contributed by atoms with Gasteiger partial charge in [0, 0.05) is 12.6 Å². The standard InChI is InChI=1S/C29H42ClN3O3/c1-19(2)18-33(23-9-11-24(34)12-10-23)26-13-7-21(20(3)15-28(35)36-29(4,5)6)16-25(26)32-22-8-14-27(30)31-17-22/h7-8,13-14,16-17,19-20,23-24,32,34H,9-12,15,18H2,1-6H3/t20-,23?,24?/m1/s1. The van der Waals surface area contributed by atoms with Crippen molar-refractivity contribution in [1.29, 1.82) is 0 Å². The van der Waals surface area contributed by atoms with Crippen molar-refractivity contribution in [2.45, 2.75) is 97.3 Å². The average Bonchev–Trinajstić information content (AvgIpc) is 2.78. The second-order valence-electron chi connectivity index (χ2n) is 11.5. The zero-order valence-electron chi connectivity index (χ0n) is 22.6. The molecule has 1 aromatic heterocycles. The monoisotopic (exact) mass is 515 g/mol. The van der Waals surface area contributed by atoms with E-state index in [2.05, 4.69) is 54.2 Å². The first-order chi connectivity index (χ1) is 16.9. The molecule has 1 aromatic carbocycles. The van der Waals surface area contributed by atoms with Crippen LogP contribution in [0.5, 0.6) is 0 Å². The Hall–Kier alpha value is -2.31. The lowest BCUT2D eigenvalue weighted by Gasteiger charge is -2.39. The van der Waals surface area contributed by atoms with E-state index in [0.717, 1.165) is 54.9 Å². The van der Waals surface area contributed by atoms with Crippen LogP contribution in [0.1, 0.15) is 85.1 Å². The number of halogens is 1. The van der Waals surface area contributed by atoms with Gasteiger partial charge in [0.2, 0.25) is 0 Å². The summed E-state index contributed by atoms with van der Waals surface area (Å²) in [4.78, 5) is 19.2. The largest absolute Gasteiger partial charge is 0.460 e. The molecular formula is C29H42ClN3O3. The van der Waals surface area contributed by atoms with Crippen molar-refractivity contribution in [3.05, 3.63) is 47.2 Å². The fourth-order valence-corrected chi connectivity index (χ4v) is 4.89. The van der Waals surface area contributed by atoms with Crippen molar-refractivity contribution in [3.8, 4) is 0 Å². The first-order valence-corrected chi connectivity index (χ1v) is 13.5. The van der Waals surface area contributed by atoms with E-state index >= 15 is 0 Å². The molecule has 0 amide bonds. The molecule has 0 unspecified atom stereocenters. The number of esters is 1. The molecule has 0 aliphatic heterocycles. The first-order valence-electron chi connectivity index (χ1n) is 13.1. The third-order valence-electron chi connectivity index (χ3n) is 6.47. The van der Waals surface area contributed by atoms with E-state index in [9.17, 15) is 9.90 Å². The number of hydrogen-bond donors (Lipinski definition) is 2. The number of hydrogen-bond acceptors (Lipinski definition) is 6. The zero-order chi connectivity index (χ0) is 26.5. The first kappa shape index (κ1) is 28.3. The maximum absolute atomic E-state index is 12.5. The van der Waals surface area contributed by atoms with Gasteiger partial charge in [0.25, 0.3) is 0 Å².